The monoisotopic (exact) mass is 202 g/mol. The molecule has 0 rings (SSSR count). The zero-order valence-electron chi connectivity index (χ0n) is 8.45. The Hall–Kier alpha value is -1.30. The fraction of sp³-hybridized carbons (Fsp3) is 0.750. The highest BCUT2D eigenvalue weighted by Gasteiger charge is 2.08. The van der Waals surface area contributed by atoms with Crippen LogP contribution >= 0.6 is 0 Å². The van der Waals surface area contributed by atoms with Crippen LogP contribution in [0.3, 0.4) is 0 Å². The Morgan fingerprint density at radius 3 is 2.57 bits per heavy atom. The minimum Gasteiger partial charge on any atom is -0.366 e. The number of nitrogens with one attached hydrogen (secondary N) is 1. The van der Waals surface area contributed by atoms with E-state index in [2.05, 4.69) is 11.8 Å². The van der Waals surface area contributed by atoms with Crippen LogP contribution < -0.4 is 11.6 Å². The second kappa shape index (κ2) is 7.14. The lowest BCUT2D eigenvalue weighted by atomic mass is 10.2. The van der Waals surface area contributed by atoms with E-state index >= 15 is 0 Å². The Labute approximate surface area is 83.6 Å². The van der Waals surface area contributed by atoms with Gasteiger partial charge in [-0.15, -0.1) is 5.17 Å². The highest BCUT2D eigenvalue weighted by molar-refractivity contribution is 5.76. The van der Waals surface area contributed by atoms with Gasteiger partial charge in [0.25, 0.3) is 0 Å². The number of nitrogens with zero attached hydrogens (tertiary/aromatic N) is 1. The highest BCUT2D eigenvalue weighted by atomic mass is 16.7. The topological polar surface area (TPSA) is 105 Å². The molecule has 0 saturated heterocycles. The largest absolute Gasteiger partial charge is 0.366 e. The Bertz CT molecular complexity index is 196. The molecule has 0 aromatic carbocycles. The van der Waals surface area contributed by atoms with Crippen LogP contribution in [-0.2, 0) is 9.63 Å². The van der Waals surface area contributed by atoms with E-state index in [1.807, 2.05) is 0 Å². The summed E-state index contributed by atoms with van der Waals surface area (Å²) in [5.74, 6) is 4.14. The molecule has 0 aliphatic heterocycles. The molecule has 6 nitrogen and oxygen atoms in total. The van der Waals surface area contributed by atoms with E-state index in [4.69, 9.17) is 17.0 Å². The number of hydrazine groups is 1. The van der Waals surface area contributed by atoms with Gasteiger partial charge in [0.05, 0.1) is 0 Å². The fourth-order valence-corrected chi connectivity index (χ4v) is 0.901. The van der Waals surface area contributed by atoms with Crippen molar-refractivity contribution in [3.8, 4) is 0 Å². The molecule has 0 atom stereocenters. The summed E-state index contributed by atoms with van der Waals surface area (Å²) in [4.78, 5) is 15.5. The van der Waals surface area contributed by atoms with E-state index in [0.717, 1.165) is 25.7 Å². The third-order valence-corrected chi connectivity index (χ3v) is 1.67. The third kappa shape index (κ3) is 6.24. The first-order valence-electron chi connectivity index (χ1n) is 4.67. The summed E-state index contributed by atoms with van der Waals surface area (Å²) < 4.78 is 0. The second-order valence-electron chi connectivity index (χ2n) is 2.98. The van der Waals surface area contributed by atoms with Crippen molar-refractivity contribution in [3.63, 3.8) is 0 Å². The summed E-state index contributed by atoms with van der Waals surface area (Å²) in [5.41, 5.74) is 4.97. The molecule has 0 aromatic rings. The highest BCUT2D eigenvalue weighted by Crippen LogP contribution is 2.03. The van der Waals surface area contributed by atoms with Crippen LogP contribution in [0.25, 0.3) is 0 Å². The molecule has 0 radical (unpaired) electrons. The zero-order chi connectivity index (χ0) is 11.0. The molecule has 0 aromatic heterocycles. The van der Waals surface area contributed by atoms with E-state index in [9.17, 15) is 4.79 Å². The van der Waals surface area contributed by atoms with Gasteiger partial charge in [0, 0.05) is 6.42 Å². The van der Waals surface area contributed by atoms with Crippen molar-refractivity contribution in [3.05, 3.63) is 0 Å². The van der Waals surface area contributed by atoms with Crippen molar-refractivity contribution in [2.24, 2.45) is 11.6 Å². The number of unbranched alkanes of at least 4 members (excludes halogenated alkanes) is 3. The predicted octanol–water partition coefficient (Wildman–Crippen LogP) is 0.484. The molecule has 0 aliphatic rings. The van der Waals surface area contributed by atoms with Crippen LogP contribution in [-0.4, -0.2) is 17.1 Å². The maximum absolute atomic E-state index is 11.0. The Kier molecular flexibility index (Phi) is 6.47. The first-order valence-corrected chi connectivity index (χ1v) is 4.67. The van der Waals surface area contributed by atoms with Crippen molar-refractivity contribution >= 4 is 11.9 Å². The van der Waals surface area contributed by atoms with Gasteiger partial charge in [-0.1, -0.05) is 26.2 Å². The van der Waals surface area contributed by atoms with Gasteiger partial charge in [-0.3, -0.25) is 5.41 Å². The average Bonchev–Trinajstić information content (AvgIpc) is 2.12. The summed E-state index contributed by atoms with van der Waals surface area (Å²) >= 11 is 0. The van der Waals surface area contributed by atoms with Crippen molar-refractivity contribution < 1.29 is 9.63 Å². The van der Waals surface area contributed by atoms with Crippen LogP contribution in [0.1, 0.15) is 39.0 Å². The van der Waals surface area contributed by atoms with Gasteiger partial charge in [-0.25, -0.2) is 10.6 Å². The van der Waals surface area contributed by atoms with Crippen molar-refractivity contribution in [2.75, 3.05) is 0 Å². The first-order chi connectivity index (χ1) is 6.57. The van der Waals surface area contributed by atoms with Gasteiger partial charge in [0.15, 0.2) is 0 Å². The van der Waals surface area contributed by atoms with Gasteiger partial charge < -0.3 is 10.6 Å². The quantitative estimate of drug-likeness (QED) is 0.198. The zero-order valence-corrected chi connectivity index (χ0v) is 8.45. The lowest BCUT2D eigenvalue weighted by Gasteiger charge is -2.13. The molecule has 5 N–H and O–H groups in total. The van der Waals surface area contributed by atoms with Crippen LogP contribution in [0.15, 0.2) is 0 Å². The lowest BCUT2D eigenvalue weighted by Crippen LogP contribution is -2.43. The van der Waals surface area contributed by atoms with Crippen LogP contribution in [0.4, 0.5) is 0 Å². The number of carbonyl (C=O) groups excluding carboxylic acids is 1. The molecular weight excluding hydrogens is 184 g/mol. The summed E-state index contributed by atoms with van der Waals surface area (Å²) in [6, 6.07) is 0. The maximum Gasteiger partial charge on any atom is 0.334 e. The molecule has 0 aliphatic carbocycles. The maximum atomic E-state index is 11.0. The van der Waals surface area contributed by atoms with E-state index in [1.54, 1.807) is 0 Å². The van der Waals surface area contributed by atoms with Crippen LogP contribution in [0.2, 0.25) is 0 Å². The van der Waals surface area contributed by atoms with Gasteiger partial charge >= 0.3 is 5.97 Å². The molecule has 6 heteroatoms. The molecule has 0 amide bonds. The molecule has 0 fully saturated rings. The molecule has 0 heterocycles. The van der Waals surface area contributed by atoms with E-state index < -0.39 is 11.9 Å². The summed E-state index contributed by atoms with van der Waals surface area (Å²) in [5, 5.41) is 7.30. The normalized spacial score (nSPS) is 9.57. The molecule has 0 bridgehead atoms. The summed E-state index contributed by atoms with van der Waals surface area (Å²) in [7, 11) is 0. The number of hydroxylamine groups is 1. The van der Waals surface area contributed by atoms with Gasteiger partial charge in [-0.2, -0.15) is 0 Å². The summed E-state index contributed by atoms with van der Waals surface area (Å²) in [6.45, 7) is 2.09. The molecule has 82 valence electrons. The Balaban J connectivity index is 3.50. The number of guanidine groups is 1. The smallest absolute Gasteiger partial charge is 0.334 e. The van der Waals surface area contributed by atoms with Gasteiger partial charge in [-0.05, 0) is 6.42 Å². The number of nitrogens with two attached hydrogens (primary N) is 2. The number of hydrogen-bond acceptors (Lipinski definition) is 4. The Morgan fingerprint density at radius 2 is 2.07 bits per heavy atom. The number of carbonyl (C=O) groups is 1. The molecule has 14 heavy (non-hydrogen) atoms. The third-order valence-electron chi connectivity index (χ3n) is 1.67. The minimum absolute atomic E-state index is 0.307. The SMILES string of the molecule is CCCCCCC(=O)ON(N)C(=N)N. The second-order valence-corrected chi connectivity index (χ2v) is 2.98. The van der Waals surface area contributed by atoms with Crippen molar-refractivity contribution in [1.29, 1.82) is 5.41 Å². The molecule has 0 unspecified atom stereocenters. The van der Waals surface area contributed by atoms with E-state index in [-0.39, 0.29) is 0 Å². The molecular formula is C8H18N4O2. The fourth-order valence-electron chi connectivity index (χ4n) is 0.901. The molecule has 0 spiro atoms. The number of rotatable bonds is 5. The van der Waals surface area contributed by atoms with Crippen LogP contribution in [0, 0.1) is 5.41 Å². The van der Waals surface area contributed by atoms with Gasteiger partial charge in [0.2, 0.25) is 5.96 Å². The van der Waals surface area contributed by atoms with Crippen molar-refractivity contribution in [1.82, 2.24) is 5.17 Å². The average molecular weight is 202 g/mol. The predicted molar refractivity (Wildman–Crippen MR) is 52.8 cm³/mol. The summed E-state index contributed by atoms with van der Waals surface area (Å²) in [6.07, 6.45) is 4.30. The Morgan fingerprint density at radius 1 is 1.43 bits per heavy atom. The molecule has 0 saturated carbocycles. The van der Waals surface area contributed by atoms with E-state index in [1.165, 1.54) is 0 Å². The minimum atomic E-state index is -0.494. The first kappa shape index (κ1) is 12.7. The lowest BCUT2D eigenvalue weighted by molar-refractivity contribution is -0.174. The van der Waals surface area contributed by atoms with Crippen LogP contribution in [0.5, 0.6) is 0 Å². The van der Waals surface area contributed by atoms with Crippen molar-refractivity contribution in [2.45, 2.75) is 39.0 Å². The standard InChI is InChI=1S/C8H18N4O2/c1-2-3-4-5-6-7(13)14-12(11)8(9)10/h2-6,11H2,1H3,(H3,9,10). The van der Waals surface area contributed by atoms with E-state index in [0.29, 0.717) is 11.6 Å². The number of hydrogen-bond donors (Lipinski definition) is 3. The van der Waals surface area contributed by atoms with Gasteiger partial charge in [0.1, 0.15) is 0 Å².